The van der Waals surface area contributed by atoms with Gasteiger partial charge < -0.3 is 4.74 Å². The fraction of sp³-hybridized carbons (Fsp3) is 0.474. The minimum absolute atomic E-state index is 0.0315. The van der Waals surface area contributed by atoms with Gasteiger partial charge in [0.2, 0.25) is 10.0 Å². The van der Waals surface area contributed by atoms with Crippen molar-refractivity contribution in [3.8, 4) is 5.75 Å². The van der Waals surface area contributed by atoms with Gasteiger partial charge in [0, 0.05) is 17.5 Å². The van der Waals surface area contributed by atoms with E-state index < -0.39 is 10.0 Å². The summed E-state index contributed by atoms with van der Waals surface area (Å²) in [6, 6.07) is 11.5. The van der Waals surface area contributed by atoms with E-state index in [-0.39, 0.29) is 6.04 Å². The lowest BCUT2D eigenvalue weighted by molar-refractivity contribution is 0.246. The van der Waals surface area contributed by atoms with Crippen molar-refractivity contribution in [2.24, 2.45) is 0 Å². The third-order valence-electron chi connectivity index (χ3n) is 4.60. The molecule has 1 saturated heterocycles. The molecule has 26 heavy (non-hydrogen) atoms. The zero-order valence-electron chi connectivity index (χ0n) is 15.3. The molecule has 2 heterocycles. The molecule has 142 valence electrons. The highest BCUT2D eigenvalue weighted by Crippen LogP contribution is 2.27. The summed E-state index contributed by atoms with van der Waals surface area (Å²) in [5.74, 6) is 0.839. The highest BCUT2D eigenvalue weighted by atomic mass is 32.2. The molecular weight excluding hydrogens is 368 g/mol. The summed E-state index contributed by atoms with van der Waals surface area (Å²) >= 11 is 1.30. The lowest BCUT2D eigenvalue weighted by atomic mass is 10.1. The van der Waals surface area contributed by atoms with Crippen LogP contribution in [0.25, 0.3) is 0 Å². The SMILES string of the molecule is CCOc1ccc(C(CNS(=O)(=O)c2ccc(C)s2)N2CCCC2)cc1. The molecule has 0 radical (unpaired) electrons. The van der Waals surface area contributed by atoms with Gasteiger partial charge in [0.05, 0.1) is 6.61 Å². The number of benzene rings is 1. The zero-order chi connectivity index (χ0) is 18.6. The van der Waals surface area contributed by atoms with Crippen molar-refractivity contribution in [2.45, 2.75) is 36.9 Å². The van der Waals surface area contributed by atoms with E-state index in [2.05, 4.69) is 9.62 Å². The molecular formula is C19H26N2O3S2. The molecule has 1 aliphatic rings. The van der Waals surface area contributed by atoms with Gasteiger partial charge in [-0.2, -0.15) is 0 Å². The molecule has 1 N–H and O–H groups in total. The maximum atomic E-state index is 12.6. The van der Waals surface area contributed by atoms with Crippen molar-refractivity contribution >= 4 is 21.4 Å². The first-order valence-electron chi connectivity index (χ1n) is 9.02. The average Bonchev–Trinajstić information content (AvgIpc) is 3.29. The highest BCUT2D eigenvalue weighted by molar-refractivity contribution is 7.91. The number of hydrogen-bond donors (Lipinski definition) is 1. The number of likely N-dealkylation sites (tertiary alicyclic amines) is 1. The number of sulfonamides is 1. The Morgan fingerprint density at radius 3 is 2.42 bits per heavy atom. The molecule has 7 heteroatoms. The van der Waals surface area contributed by atoms with Crippen LogP contribution in [0.4, 0.5) is 0 Å². The summed E-state index contributed by atoms with van der Waals surface area (Å²) in [5, 5.41) is 0. The largest absolute Gasteiger partial charge is 0.494 e. The minimum atomic E-state index is -3.47. The molecule has 1 aromatic heterocycles. The topological polar surface area (TPSA) is 58.6 Å². The third-order valence-corrected chi connectivity index (χ3v) is 7.52. The Bertz CT molecular complexity index is 810. The second-order valence-corrected chi connectivity index (χ2v) is 9.76. The van der Waals surface area contributed by atoms with Crippen LogP contribution < -0.4 is 9.46 Å². The Morgan fingerprint density at radius 1 is 1.15 bits per heavy atom. The van der Waals surface area contributed by atoms with Gasteiger partial charge in [-0.05, 0) is 69.6 Å². The van der Waals surface area contributed by atoms with Crippen molar-refractivity contribution in [1.82, 2.24) is 9.62 Å². The predicted molar refractivity (Wildman–Crippen MR) is 105 cm³/mol. The van der Waals surface area contributed by atoms with E-state index in [1.165, 1.54) is 11.3 Å². The lowest BCUT2D eigenvalue weighted by Crippen LogP contribution is -2.36. The van der Waals surface area contributed by atoms with Gasteiger partial charge in [-0.1, -0.05) is 12.1 Å². The van der Waals surface area contributed by atoms with E-state index >= 15 is 0 Å². The average molecular weight is 395 g/mol. The van der Waals surface area contributed by atoms with Crippen molar-refractivity contribution < 1.29 is 13.2 Å². The van der Waals surface area contributed by atoms with Crippen molar-refractivity contribution in [3.63, 3.8) is 0 Å². The van der Waals surface area contributed by atoms with Crippen molar-refractivity contribution in [3.05, 3.63) is 46.8 Å². The molecule has 5 nitrogen and oxygen atoms in total. The first-order chi connectivity index (χ1) is 12.5. The standard InChI is InChI=1S/C19H26N2O3S2/c1-3-24-17-9-7-16(8-10-17)18(21-12-4-5-13-21)14-20-26(22,23)19-11-6-15(2)25-19/h6-11,18,20H,3-5,12-14H2,1-2H3. The minimum Gasteiger partial charge on any atom is -0.494 e. The summed E-state index contributed by atoms with van der Waals surface area (Å²) in [6.45, 7) is 6.87. The maximum Gasteiger partial charge on any atom is 0.250 e. The van der Waals surface area contributed by atoms with Crippen molar-refractivity contribution in [2.75, 3.05) is 26.2 Å². The number of aryl methyl sites for hydroxylation is 1. The summed E-state index contributed by atoms with van der Waals surface area (Å²) in [5.41, 5.74) is 1.11. The smallest absolute Gasteiger partial charge is 0.250 e. The van der Waals surface area contributed by atoms with Gasteiger partial charge in [-0.3, -0.25) is 4.90 Å². The van der Waals surface area contributed by atoms with Crippen LogP contribution in [0.15, 0.2) is 40.6 Å². The molecule has 3 rings (SSSR count). The van der Waals surface area contributed by atoms with Crippen LogP contribution in [0.5, 0.6) is 5.75 Å². The van der Waals surface area contributed by atoms with E-state index in [1.54, 1.807) is 6.07 Å². The van der Waals surface area contributed by atoms with Gasteiger partial charge in [0.25, 0.3) is 0 Å². The lowest BCUT2D eigenvalue weighted by Gasteiger charge is -2.28. The molecule has 0 aliphatic carbocycles. The van der Waals surface area contributed by atoms with E-state index in [4.69, 9.17) is 4.74 Å². The molecule has 2 aromatic rings. The van der Waals surface area contributed by atoms with Gasteiger partial charge >= 0.3 is 0 Å². The number of ether oxygens (including phenoxy) is 1. The number of nitrogens with zero attached hydrogens (tertiary/aromatic N) is 1. The molecule has 0 spiro atoms. The van der Waals surface area contributed by atoms with Crippen LogP contribution in [0.1, 0.15) is 36.2 Å². The van der Waals surface area contributed by atoms with Crippen LogP contribution in [0.2, 0.25) is 0 Å². The number of nitrogens with one attached hydrogen (secondary N) is 1. The van der Waals surface area contributed by atoms with Gasteiger partial charge in [-0.25, -0.2) is 13.1 Å². The summed E-state index contributed by atoms with van der Waals surface area (Å²) < 4.78 is 33.9. The van der Waals surface area contributed by atoms with Crippen LogP contribution in [0, 0.1) is 6.92 Å². The number of hydrogen-bond acceptors (Lipinski definition) is 5. The molecule has 1 atom stereocenters. The quantitative estimate of drug-likeness (QED) is 0.744. The molecule has 1 fully saturated rings. The summed E-state index contributed by atoms with van der Waals surface area (Å²) in [6.07, 6.45) is 2.31. The fourth-order valence-corrected chi connectivity index (χ4v) is 5.65. The molecule has 1 unspecified atom stereocenters. The van der Waals surface area contributed by atoms with E-state index in [9.17, 15) is 8.42 Å². The second kappa shape index (κ2) is 8.52. The van der Waals surface area contributed by atoms with Crippen LogP contribution in [-0.4, -0.2) is 39.6 Å². The van der Waals surface area contributed by atoms with Crippen LogP contribution in [0.3, 0.4) is 0 Å². The Hall–Kier alpha value is -1.41. The first kappa shape index (κ1) is 19.4. The normalized spacial score (nSPS) is 16.7. The molecule has 0 amide bonds. The number of rotatable bonds is 8. The van der Waals surface area contributed by atoms with Gasteiger partial charge in [-0.15, -0.1) is 11.3 Å². The predicted octanol–water partition coefficient (Wildman–Crippen LogP) is 3.57. The Morgan fingerprint density at radius 2 is 1.85 bits per heavy atom. The molecule has 0 saturated carbocycles. The molecule has 1 aliphatic heterocycles. The van der Waals surface area contributed by atoms with E-state index in [1.807, 2.05) is 44.2 Å². The van der Waals surface area contributed by atoms with E-state index in [0.29, 0.717) is 17.4 Å². The van der Waals surface area contributed by atoms with Crippen LogP contribution >= 0.6 is 11.3 Å². The van der Waals surface area contributed by atoms with Crippen molar-refractivity contribution in [1.29, 1.82) is 0 Å². The monoisotopic (exact) mass is 394 g/mol. The highest BCUT2D eigenvalue weighted by Gasteiger charge is 2.26. The molecule has 1 aromatic carbocycles. The van der Waals surface area contributed by atoms with E-state index in [0.717, 1.165) is 42.1 Å². The summed E-state index contributed by atoms with van der Waals surface area (Å²) in [4.78, 5) is 3.35. The number of thiophene rings is 1. The fourth-order valence-electron chi connectivity index (χ4n) is 3.28. The third kappa shape index (κ3) is 4.65. The van der Waals surface area contributed by atoms with Gasteiger partial charge in [0.15, 0.2) is 0 Å². The Kier molecular flexibility index (Phi) is 6.34. The zero-order valence-corrected chi connectivity index (χ0v) is 16.9. The Labute approximate surface area is 160 Å². The molecule has 0 bridgehead atoms. The first-order valence-corrected chi connectivity index (χ1v) is 11.3. The maximum absolute atomic E-state index is 12.6. The van der Waals surface area contributed by atoms with Gasteiger partial charge in [0.1, 0.15) is 9.96 Å². The Balaban J connectivity index is 1.76. The summed E-state index contributed by atoms with van der Waals surface area (Å²) in [7, 11) is -3.47. The second-order valence-electron chi connectivity index (χ2n) is 6.48. The van der Waals surface area contributed by atoms with Crippen LogP contribution in [-0.2, 0) is 10.0 Å².